The number of nitrogens with one attached hydrogen (secondary N) is 1. The summed E-state index contributed by atoms with van der Waals surface area (Å²) in [6, 6.07) is 15.9. The first-order chi connectivity index (χ1) is 11.4. The normalized spacial score (nSPS) is 11.8. The molecule has 4 heteroatoms. The number of carbonyl (C=O) groups is 1. The molecule has 0 aliphatic rings. The largest absolute Gasteiger partial charge is 0.361 e. The van der Waals surface area contributed by atoms with Crippen LogP contribution in [0.25, 0.3) is 10.9 Å². The summed E-state index contributed by atoms with van der Waals surface area (Å²) in [4.78, 5) is 15.8. The molecule has 0 amide bonds. The highest BCUT2D eigenvalue weighted by molar-refractivity contribution is 9.10. The lowest BCUT2D eigenvalue weighted by atomic mass is 10.1. The number of rotatable bonds is 6. The van der Waals surface area contributed by atoms with Crippen LogP contribution in [0.1, 0.15) is 15.9 Å². The van der Waals surface area contributed by atoms with E-state index in [1.165, 1.54) is 16.5 Å². The van der Waals surface area contributed by atoms with E-state index in [0.29, 0.717) is 11.0 Å². The van der Waals surface area contributed by atoms with Crippen molar-refractivity contribution in [1.29, 1.82) is 0 Å². The van der Waals surface area contributed by atoms with E-state index in [1.807, 2.05) is 30.3 Å². The van der Waals surface area contributed by atoms with Crippen LogP contribution in [-0.4, -0.2) is 42.4 Å². The molecule has 3 aromatic rings. The Bertz CT molecular complexity index is 849. The Kier molecular flexibility index (Phi) is 4.88. The number of benzene rings is 2. The van der Waals surface area contributed by atoms with Gasteiger partial charge < -0.3 is 9.47 Å². The van der Waals surface area contributed by atoms with Gasteiger partial charge in [-0.25, -0.2) is 0 Å². The molecular formula is C20H22BrN2O+. The predicted molar refractivity (Wildman–Crippen MR) is 102 cm³/mol. The number of para-hydroxylation sites is 1. The van der Waals surface area contributed by atoms with Crippen LogP contribution in [0.2, 0.25) is 0 Å². The summed E-state index contributed by atoms with van der Waals surface area (Å²) >= 11 is 3.40. The lowest BCUT2D eigenvalue weighted by Crippen LogP contribution is -2.45. The van der Waals surface area contributed by atoms with Crippen molar-refractivity contribution in [2.45, 2.75) is 6.42 Å². The van der Waals surface area contributed by atoms with Gasteiger partial charge in [0.1, 0.15) is 6.54 Å². The Morgan fingerprint density at radius 2 is 1.79 bits per heavy atom. The molecule has 0 saturated carbocycles. The average Bonchev–Trinajstić information content (AvgIpc) is 2.96. The van der Waals surface area contributed by atoms with Crippen LogP contribution in [0.5, 0.6) is 0 Å². The second-order valence-electron chi connectivity index (χ2n) is 6.86. The van der Waals surface area contributed by atoms with Gasteiger partial charge in [-0.05, 0) is 23.8 Å². The summed E-state index contributed by atoms with van der Waals surface area (Å²) in [5, 5.41) is 1.27. The number of likely N-dealkylation sites (N-methyl/N-ethyl adjacent to an activating group) is 1. The maximum Gasteiger partial charge on any atom is 0.216 e. The Morgan fingerprint density at radius 3 is 2.54 bits per heavy atom. The van der Waals surface area contributed by atoms with Gasteiger partial charge in [0.25, 0.3) is 0 Å². The quantitative estimate of drug-likeness (QED) is 0.493. The molecule has 3 rings (SSSR count). The number of halogens is 1. The summed E-state index contributed by atoms with van der Waals surface area (Å²) in [7, 11) is 4.23. The number of aromatic amines is 1. The molecule has 0 atom stereocenters. The smallest absolute Gasteiger partial charge is 0.216 e. The van der Waals surface area contributed by atoms with Crippen molar-refractivity contribution in [2.75, 3.05) is 27.2 Å². The van der Waals surface area contributed by atoms with Crippen molar-refractivity contribution in [1.82, 2.24) is 4.98 Å². The zero-order valence-electron chi connectivity index (χ0n) is 14.1. The SMILES string of the molecule is C[N+](C)(CCc1c[nH]c2ccccc12)CC(=O)c1ccc(Br)cc1. The highest BCUT2D eigenvalue weighted by Gasteiger charge is 2.21. The molecule has 0 aliphatic heterocycles. The Labute approximate surface area is 151 Å². The highest BCUT2D eigenvalue weighted by Crippen LogP contribution is 2.19. The van der Waals surface area contributed by atoms with Crippen molar-refractivity contribution in [3.05, 3.63) is 70.3 Å². The van der Waals surface area contributed by atoms with Gasteiger partial charge in [0.2, 0.25) is 5.78 Å². The first kappa shape index (κ1) is 16.9. The van der Waals surface area contributed by atoms with Crippen molar-refractivity contribution >= 4 is 32.6 Å². The Hall–Kier alpha value is -1.91. The fourth-order valence-electron chi connectivity index (χ4n) is 2.96. The number of carbonyl (C=O) groups excluding carboxylic acids is 1. The van der Waals surface area contributed by atoms with Gasteiger partial charge in [-0.15, -0.1) is 0 Å². The van der Waals surface area contributed by atoms with Crippen LogP contribution >= 0.6 is 15.9 Å². The van der Waals surface area contributed by atoms with Crippen LogP contribution in [0.4, 0.5) is 0 Å². The number of Topliss-reactive ketones (excluding diaryl/α,β-unsaturated/α-hetero) is 1. The molecule has 0 spiro atoms. The lowest BCUT2D eigenvalue weighted by molar-refractivity contribution is -0.881. The van der Waals surface area contributed by atoms with Gasteiger partial charge in [-0.2, -0.15) is 0 Å². The zero-order chi connectivity index (χ0) is 17.2. The average molecular weight is 386 g/mol. The fourth-order valence-corrected chi connectivity index (χ4v) is 3.22. The molecule has 0 fully saturated rings. The first-order valence-electron chi connectivity index (χ1n) is 8.10. The maximum absolute atomic E-state index is 12.5. The number of quaternary nitrogens is 1. The second kappa shape index (κ2) is 6.91. The molecular weight excluding hydrogens is 364 g/mol. The summed E-state index contributed by atoms with van der Waals surface area (Å²) in [5.41, 5.74) is 3.26. The number of H-pyrrole nitrogens is 1. The molecule has 2 aromatic carbocycles. The van der Waals surface area contributed by atoms with E-state index < -0.39 is 0 Å². The molecule has 0 saturated heterocycles. The van der Waals surface area contributed by atoms with E-state index in [2.05, 4.69) is 59.4 Å². The van der Waals surface area contributed by atoms with Crippen molar-refractivity contribution in [3.8, 4) is 0 Å². The summed E-state index contributed by atoms with van der Waals surface area (Å²) < 4.78 is 1.67. The van der Waals surface area contributed by atoms with E-state index in [-0.39, 0.29) is 5.78 Å². The first-order valence-corrected chi connectivity index (χ1v) is 8.90. The van der Waals surface area contributed by atoms with E-state index >= 15 is 0 Å². The minimum absolute atomic E-state index is 0.187. The van der Waals surface area contributed by atoms with Crippen molar-refractivity contribution in [2.24, 2.45) is 0 Å². The van der Waals surface area contributed by atoms with E-state index in [9.17, 15) is 4.79 Å². The van der Waals surface area contributed by atoms with Crippen LogP contribution in [-0.2, 0) is 6.42 Å². The van der Waals surface area contributed by atoms with E-state index in [1.54, 1.807) is 0 Å². The fraction of sp³-hybridized carbons (Fsp3) is 0.250. The third kappa shape index (κ3) is 3.94. The number of nitrogens with zero attached hydrogens (tertiary/aromatic N) is 1. The van der Waals surface area contributed by atoms with Crippen LogP contribution < -0.4 is 0 Å². The molecule has 24 heavy (non-hydrogen) atoms. The highest BCUT2D eigenvalue weighted by atomic mass is 79.9. The molecule has 1 aromatic heterocycles. The van der Waals surface area contributed by atoms with Crippen LogP contribution in [0.3, 0.4) is 0 Å². The van der Waals surface area contributed by atoms with Crippen molar-refractivity contribution < 1.29 is 9.28 Å². The molecule has 0 radical (unpaired) electrons. The zero-order valence-corrected chi connectivity index (χ0v) is 15.6. The van der Waals surface area contributed by atoms with Crippen LogP contribution in [0, 0.1) is 0 Å². The Balaban J connectivity index is 1.65. The van der Waals surface area contributed by atoms with Gasteiger partial charge >= 0.3 is 0 Å². The molecule has 0 aliphatic carbocycles. The van der Waals surface area contributed by atoms with Gasteiger partial charge in [0, 0.05) is 33.6 Å². The second-order valence-corrected chi connectivity index (χ2v) is 7.77. The summed E-state index contributed by atoms with van der Waals surface area (Å²) in [6.45, 7) is 1.42. The number of ketones is 1. The van der Waals surface area contributed by atoms with Gasteiger partial charge in [0.05, 0.1) is 20.6 Å². The lowest BCUT2D eigenvalue weighted by Gasteiger charge is -2.29. The molecule has 1 heterocycles. The predicted octanol–water partition coefficient (Wildman–Crippen LogP) is 4.43. The Morgan fingerprint density at radius 1 is 1.08 bits per heavy atom. The number of aromatic nitrogens is 1. The standard InChI is InChI=1S/C20H22BrN2O/c1-23(2,14-20(24)15-7-9-17(21)10-8-15)12-11-16-13-22-19-6-4-3-5-18(16)19/h3-10,13,22H,11-12,14H2,1-2H3/q+1. The third-order valence-electron chi connectivity index (χ3n) is 4.40. The minimum Gasteiger partial charge on any atom is -0.361 e. The maximum atomic E-state index is 12.5. The molecule has 0 unspecified atom stereocenters. The van der Waals surface area contributed by atoms with Gasteiger partial charge in [-0.3, -0.25) is 4.79 Å². The van der Waals surface area contributed by atoms with Gasteiger partial charge in [-0.1, -0.05) is 46.3 Å². The van der Waals surface area contributed by atoms with E-state index in [4.69, 9.17) is 0 Å². The number of hydrogen-bond donors (Lipinski definition) is 1. The van der Waals surface area contributed by atoms with Gasteiger partial charge in [0.15, 0.2) is 0 Å². The molecule has 124 valence electrons. The molecule has 1 N–H and O–H groups in total. The van der Waals surface area contributed by atoms with Crippen LogP contribution in [0.15, 0.2) is 59.2 Å². The van der Waals surface area contributed by atoms with Crippen molar-refractivity contribution in [3.63, 3.8) is 0 Å². The third-order valence-corrected chi connectivity index (χ3v) is 4.93. The molecule has 0 bridgehead atoms. The summed E-state index contributed by atoms with van der Waals surface area (Å²) in [5.74, 6) is 0.187. The number of fused-ring (bicyclic) bond motifs is 1. The molecule has 3 nitrogen and oxygen atoms in total. The topological polar surface area (TPSA) is 32.9 Å². The number of hydrogen-bond acceptors (Lipinski definition) is 1. The minimum atomic E-state index is 0.187. The van der Waals surface area contributed by atoms with E-state index in [0.717, 1.165) is 23.0 Å². The summed E-state index contributed by atoms with van der Waals surface area (Å²) in [6.07, 6.45) is 3.03. The monoisotopic (exact) mass is 385 g/mol.